The van der Waals surface area contributed by atoms with Gasteiger partial charge in [0.1, 0.15) is 5.69 Å². The molecule has 0 bridgehead atoms. The fraction of sp³-hybridized carbons (Fsp3) is 0.417. The van der Waals surface area contributed by atoms with Crippen LogP contribution >= 0.6 is 12.2 Å². The van der Waals surface area contributed by atoms with E-state index in [0.29, 0.717) is 23.5 Å². The van der Waals surface area contributed by atoms with Crippen LogP contribution in [0.5, 0.6) is 0 Å². The molecule has 0 aromatic carbocycles. The van der Waals surface area contributed by atoms with E-state index in [1.54, 1.807) is 24.4 Å². The molecule has 0 atom stereocenters. The molecule has 1 amide bonds. The topological polar surface area (TPSA) is 68.0 Å². The van der Waals surface area contributed by atoms with Gasteiger partial charge in [0.15, 0.2) is 0 Å². The summed E-state index contributed by atoms with van der Waals surface area (Å²) in [7, 11) is 0. The van der Waals surface area contributed by atoms with Crippen LogP contribution in [0.2, 0.25) is 0 Å². The van der Waals surface area contributed by atoms with Gasteiger partial charge in [-0.3, -0.25) is 9.78 Å². The Morgan fingerprint density at radius 1 is 1.47 bits per heavy atom. The molecule has 0 aliphatic rings. The fourth-order valence-corrected chi connectivity index (χ4v) is 1.95. The lowest BCUT2D eigenvalue weighted by Gasteiger charge is -2.31. The first-order valence-corrected chi connectivity index (χ1v) is 6.00. The van der Waals surface area contributed by atoms with E-state index in [0.717, 1.165) is 0 Å². The van der Waals surface area contributed by atoms with Crippen molar-refractivity contribution in [3.05, 3.63) is 30.1 Å². The summed E-state index contributed by atoms with van der Waals surface area (Å²) in [4.78, 5) is 16.3. The van der Waals surface area contributed by atoms with E-state index in [-0.39, 0.29) is 5.91 Å². The molecule has 1 rings (SSSR count). The van der Waals surface area contributed by atoms with Gasteiger partial charge in [0.2, 0.25) is 0 Å². The van der Waals surface area contributed by atoms with E-state index in [1.807, 2.05) is 13.8 Å². The number of nitrogens with zero attached hydrogens (tertiary/aromatic N) is 1. The van der Waals surface area contributed by atoms with Gasteiger partial charge >= 0.3 is 0 Å². The van der Waals surface area contributed by atoms with Crippen LogP contribution in [-0.2, 0) is 0 Å². The third kappa shape index (κ3) is 3.00. The van der Waals surface area contributed by atoms with Gasteiger partial charge in [-0.15, -0.1) is 0 Å². The van der Waals surface area contributed by atoms with Gasteiger partial charge < -0.3 is 11.1 Å². The zero-order valence-corrected chi connectivity index (χ0v) is 10.9. The van der Waals surface area contributed by atoms with Crippen LogP contribution < -0.4 is 11.1 Å². The van der Waals surface area contributed by atoms with Crippen molar-refractivity contribution in [2.24, 2.45) is 5.73 Å². The average Bonchev–Trinajstić information content (AvgIpc) is 2.36. The number of rotatable bonds is 5. The normalized spacial score (nSPS) is 10.9. The number of hydrogen-bond donors (Lipinski definition) is 2. The molecule has 0 aliphatic carbocycles. The number of hydrogen-bond acceptors (Lipinski definition) is 3. The molecule has 0 radical (unpaired) electrons. The molecular formula is C12H17N3OS. The van der Waals surface area contributed by atoms with Crippen molar-refractivity contribution in [1.82, 2.24) is 10.3 Å². The molecule has 1 heterocycles. The number of amides is 1. The lowest BCUT2D eigenvalue weighted by Crippen LogP contribution is -2.56. The van der Waals surface area contributed by atoms with Crippen molar-refractivity contribution in [2.75, 3.05) is 0 Å². The summed E-state index contributed by atoms with van der Waals surface area (Å²) in [5.74, 6) is -0.248. The van der Waals surface area contributed by atoms with E-state index in [2.05, 4.69) is 10.3 Å². The Morgan fingerprint density at radius 3 is 2.53 bits per heavy atom. The molecular weight excluding hydrogens is 234 g/mol. The Hall–Kier alpha value is -1.49. The standard InChI is InChI=1S/C12H17N3OS/c1-3-12(4-2,11(13)17)15-10(16)9-7-5-6-8-14-9/h5-8H,3-4H2,1-2H3,(H2,13,17)(H,15,16). The lowest BCUT2D eigenvalue weighted by molar-refractivity contribution is 0.0914. The molecule has 92 valence electrons. The third-order valence-electron chi connectivity index (χ3n) is 2.93. The maximum atomic E-state index is 12.0. The van der Waals surface area contributed by atoms with Crippen LogP contribution in [-0.4, -0.2) is 21.4 Å². The molecule has 0 saturated heterocycles. The van der Waals surface area contributed by atoms with E-state index >= 15 is 0 Å². The van der Waals surface area contributed by atoms with E-state index < -0.39 is 5.54 Å². The van der Waals surface area contributed by atoms with Crippen molar-refractivity contribution >= 4 is 23.1 Å². The summed E-state index contributed by atoms with van der Waals surface area (Å²) in [6, 6.07) is 5.18. The highest BCUT2D eigenvalue weighted by Crippen LogP contribution is 2.16. The molecule has 0 saturated carbocycles. The summed E-state index contributed by atoms with van der Waals surface area (Å²) in [6.45, 7) is 3.89. The van der Waals surface area contributed by atoms with E-state index in [1.165, 1.54) is 0 Å². The Labute approximate surface area is 107 Å². The van der Waals surface area contributed by atoms with Crippen molar-refractivity contribution in [3.63, 3.8) is 0 Å². The van der Waals surface area contributed by atoms with Crippen LogP contribution in [0.3, 0.4) is 0 Å². The number of nitrogens with two attached hydrogens (primary N) is 1. The quantitative estimate of drug-likeness (QED) is 0.781. The molecule has 1 aromatic rings. The van der Waals surface area contributed by atoms with Crippen LogP contribution in [0.4, 0.5) is 0 Å². The number of nitrogens with one attached hydrogen (secondary N) is 1. The van der Waals surface area contributed by atoms with Gasteiger partial charge in [-0.1, -0.05) is 32.1 Å². The summed E-state index contributed by atoms with van der Waals surface area (Å²) in [6.07, 6.45) is 2.91. The number of carbonyl (C=O) groups is 1. The summed E-state index contributed by atoms with van der Waals surface area (Å²) >= 11 is 5.04. The van der Waals surface area contributed by atoms with Crippen LogP contribution in [0.25, 0.3) is 0 Å². The molecule has 3 N–H and O–H groups in total. The Bertz CT molecular complexity index is 401. The first-order valence-electron chi connectivity index (χ1n) is 5.59. The zero-order chi connectivity index (χ0) is 12.9. The van der Waals surface area contributed by atoms with Crippen molar-refractivity contribution in [2.45, 2.75) is 32.2 Å². The first-order chi connectivity index (χ1) is 8.05. The highest BCUT2D eigenvalue weighted by molar-refractivity contribution is 7.80. The lowest BCUT2D eigenvalue weighted by atomic mass is 9.92. The predicted molar refractivity (Wildman–Crippen MR) is 71.8 cm³/mol. The van der Waals surface area contributed by atoms with Crippen LogP contribution in [0, 0.1) is 0 Å². The Balaban J connectivity index is 2.89. The average molecular weight is 251 g/mol. The SMILES string of the molecule is CCC(CC)(NC(=O)c1ccccn1)C(N)=S. The largest absolute Gasteiger partial charge is 0.391 e. The van der Waals surface area contributed by atoms with Gasteiger partial charge in [0.05, 0.1) is 10.5 Å². The third-order valence-corrected chi connectivity index (χ3v) is 3.32. The predicted octanol–water partition coefficient (Wildman–Crippen LogP) is 1.66. The smallest absolute Gasteiger partial charge is 0.270 e. The van der Waals surface area contributed by atoms with E-state index in [4.69, 9.17) is 18.0 Å². The number of pyridine rings is 1. The van der Waals surface area contributed by atoms with E-state index in [9.17, 15) is 4.79 Å². The van der Waals surface area contributed by atoms with Gasteiger partial charge in [-0.2, -0.15) is 0 Å². The highest BCUT2D eigenvalue weighted by Gasteiger charge is 2.31. The molecule has 0 unspecified atom stereocenters. The minimum absolute atomic E-state index is 0.248. The molecule has 4 nitrogen and oxygen atoms in total. The van der Waals surface area contributed by atoms with Gasteiger partial charge in [-0.05, 0) is 25.0 Å². The second-order valence-corrected chi connectivity index (χ2v) is 4.26. The Morgan fingerprint density at radius 2 is 2.12 bits per heavy atom. The summed E-state index contributed by atoms with van der Waals surface area (Å²) in [5, 5.41) is 2.88. The molecule has 5 heteroatoms. The minimum atomic E-state index is -0.621. The second-order valence-electron chi connectivity index (χ2n) is 3.82. The Kier molecular flexibility index (Phi) is 4.57. The highest BCUT2D eigenvalue weighted by atomic mass is 32.1. The van der Waals surface area contributed by atoms with Crippen molar-refractivity contribution in [1.29, 1.82) is 0 Å². The monoisotopic (exact) mass is 251 g/mol. The molecule has 0 fully saturated rings. The van der Waals surface area contributed by atoms with Gasteiger partial charge in [0, 0.05) is 6.20 Å². The first kappa shape index (κ1) is 13.6. The maximum Gasteiger partial charge on any atom is 0.270 e. The van der Waals surface area contributed by atoms with Crippen molar-refractivity contribution in [3.8, 4) is 0 Å². The summed E-state index contributed by atoms with van der Waals surface area (Å²) in [5.41, 5.74) is 5.46. The fourth-order valence-electron chi connectivity index (χ4n) is 1.62. The minimum Gasteiger partial charge on any atom is -0.391 e. The van der Waals surface area contributed by atoms with Crippen LogP contribution in [0.1, 0.15) is 37.2 Å². The number of aromatic nitrogens is 1. The number of thiocarbonyl (C=S) groups is 1. The molecule has 0 spiro atoms. The van der Waals surface area contributed by atoms with Gasteiger partial charge in [-0.25, -0.2) is 0 Å². The van der Waals surface area contributed by atoms with Crippen LogP contribution in [0.15, 0.2) is 24.4 Å². The number of carbonyl (C=O) groups excluding carboxylic acids is 1. The summed E-state index contributed by atoms with van der Waals surface area (Å²) < 4.78 is 0. The van der Waals surface area contributed by atoms with Crippen molar-refractivity contribution < 1.29 is 4.79 Å². The zero-order valence-electron chi connectivity index (χ0n) is 10.1. The molecule has 0 aliphatic heterocycles. The second kappa shape index (κ2) is 5.72. The molecule has 17 heavy (non-hydrogen) atoms. The van der Waals surface area contributed by atoms with Gasteiger partial charge in [0.25, 0.3) is 5.91 Å². The molecule has 1 aromatic heterocycles. The maximum absolute atomic E-state index is 12.0.